The molecule has 0 aliphatic rings. The Labute approximate surface area is 142 Å². The normalized spacial score (nSPS) is 11.0. The number of nitrogens with one attached hydrogen (secondary N) is 1. The van der Waals surface area contributed by atoms with Crippen LogP contribution >= 0.6 is 0 Å². The number of hydrogen-bond acceptors (Lipinski definition) is 4. The highest BCUT2D eigenvalue weighted by Gasteiger charge is 2.11. The Morgan fingerprint density at radius 2 is 1.92 bits per heavy atom. The maximum absolute atomic E-state index is 12.4. The van der Waals surface area contributed by atoms with Gasteiger partial charge in [0, 0.05) is 18.5 Å². The predicted octanol–water partition coefficient (Wildman–Crippen LogP) is 2.57. The van der Waals surface area contributed by atoms with Crippen LogP contribution < -0.4 is 10.9 Å². The second kappa shape index (κ2) is 6.24. The van der Waals surface area contributed by atoms with Crippen LogP contribution in [-0.2, 0) is 6.54 Å². The molecule has 0 radical (unpaired) electrons. The fourth-order valence-corrected chi connectivity index (χ4v) is 2.74. The fourth-order valence-electron chi connectivity index (χ4n) is 2.74. The molecule has 2 aromatic heterocycles. The Hall–Kier alpha value is -3.41. The largest absolute Gasteiger partial charge is 0.451 e. The van der Waals surface area contributed by atoms with Gasteiger partial charge in [0.25, 0.3) is 11.5 Å². The van der Waals surface area contributed by atoms with Crippen LogP contribution in [0, 0.1) is 0 Å². The lowest BCUT2D eigenvalue weighted by Crippen LogP contribution is -2.30. The number of hydrogen-bond donors (Lipinski definition) is 1. The van der Waals surface area contributed by atoms with Crippen molar-refractivity contribution < 1.29 is 9.21 Å². The molecule has 2 aromatic carbocycles. The zero-order valence-electron chi connectivity index (χ0n) is 13.3. The van der Waals surface area contributed by atoms with Crippen molar-refractivity contribution in [3.8, 4) is 0 Å². The molecule has 4 rings (SSSR count). The quantitative estimate of drug-likeness (QED) is 0.623. The maximum atomic E-state index is 12.4. The lowest BCUT2D eigenvalue weighted by atomic mass is 10.2. The van der Waals surface area contributed by atoms with Crippen molar-refractivity contribution in [1.29, 1.82) is 0 Å². The molecule has 6 heteroatoms. The SMILES string of the molecule is O=C(NCCn1cnc2ccccc2c1=O)c1cc2ccccc2o1. The first-order chi connectivity index (χ1) is 12.2. The Kier molecular flexibility index (Phi) is 3.78. The summed E-state index contributed by atoms with van der Waals surface area (Å²) in [4.78, 5) is 28.8. The van der Waals surface area contributed by atoms with Crippen molar-refractivity contribution in [3.05, 3.63) is 77.0 Å². The third kappa shape index (κ3) is 2.89. The van der Waals surface area contributed by atoms with Gasteiger partial charge in [-0.15, -0.1) is 0 Å². The van der Waals surface area contributed by atoms with Crippen molar-refractivity contribution in [3.63, 3.8) is 0 Å². The van der Waals surface area contributed by atoms with Crippen LogP contribution in [0.3, 0.4) is 0 Å². The number of rotatable bonds is 4. The van der Waals surface area contributed by atoms with E-state index in [0.29, 0.717) is 29.6 Å². The Balaban J connectivity index is 1.46. The summed E-state index contributed by atoms with van der Waals surface area (Å²) < 4.78 is 7.01. The molecule has 0 atom stereocenters. The predicted molar refractivity (Wildman–Crippen MR) is 94.6 cm³/mol. The summed E-state index contributed by atoms with van der Waals surface area (Å²) in [5.41, 5.74) is 1.21. The molecule has 25 heavy (non-hydrogen) atoms. The Morgan fingerprint density at radius 3 is 2.80 bits per heavy atom. The molecule has 1 amide bonds. The summed E-state index contributed by atoms with van der Waals surface area (Å²) >= 11 is 0. The molecule has 2 heterocycles. The third-order valence-corrected chi connectivity index (χ3v) is 4.02. The second-order valence-corrected chi connectivity index (χ2v) is 5.66. The lowest BCUT2D eigenvalue weighted by molar-refractivity contribution is 0.0926. The summed E-state index contributed by atoms with van der Waals surface area (Å²) in [5.74, 6) is -0.0526. The summed E-state index contributed by atoms with van der Waals surface area (Å²) in [6, 6.07) is 16.3. The fraction of sp³-hybridized carbons (Fsp3) is 0.105. The molecule has 0 spiro atoms. The molecule has 0 fully saturated rings. The zero-order valence-corrected chi connectivity index (χ0v) is 13.3. The maximum Gasteiger partial charge on any atom is 0.287 e. The number of aromatic nitrogens is 2. The first kappa shape index (κ1) is 15.1. The zero-order chi connectivity index (χ0) is 17.2. The first-order valence-corrected chi connectivity index (χ1v) is 7.93. The van der Waals surface area contributed by atoms with Gasteiger partial charge in [0.15, 0.2) is 5.76 Å². The minimum absolute atomic E-state index is 0.122. The van der Waals surface area contributed by atoms with Crippen molar-refractivity contribution in [2.45, 2.75) is 6.54 Å². The molecule has 4 aromatic rings. The molecule has 1 N–H and O–H groups in total. The van der Waals surface area contributed by atoms with Gasteiger partial charge >= 0.3 is 0 Å². The van der Waals surface area contributed by atoms with Gasteiger partial charge in [-0.25, -0.2) is 4.98 Å². The molecule has 0 aliphatic heterocycles. The highest BCUT2D eigenvalue weighted by atomic mass is 16.3. The monoisotopic (exact) mass is 333 g/mol. The molecule has 0 bridgehead atoms. The number of carbonyl (C=O) groups excluding carboxylic acids is 1. The van der Waals surface area contributed by atoms with Gasteiger partial charge in [-0.3, -0.25) is 14.2 Å². The number of furan rings is 1. The van der Waals surface area contributed by atoms with E-state index < -0.39 is 0 Å². The van der Waals surface area contributed by atoms with Crippen LogP contribution in [-0.4, -0.2) is 22.0 Å². The third-order valence-electron chi connectivity index (χ3n) is 4.02. The van der Waals surface area contributed by atoms with E-state index in [9.17, 15) is 9.59 Å². The number of carbonyl (C=O) groups is 1. The van der Waals surface area contributed by atoms with Gasteiger partial charge in [0.1, 0.15) is 5.58 Å². The average molecular weight is 333 g/mol. The number of para-hydroxylation sites is 2. The molecular formula is C19H15N3O3. The number of fused-ring (bicyclic) bond motifs is 2. The van der Waals surface area contributed by atoms with Gasteiger partial charge in [0.2, 0.25) is 0 Å². The summed E-state index contributed by atoms with van der Waals surface area (Å²) in [6.07, 6.45) is 1.50. The van der Waals surface area contributed by atoms with Gasteiger partial charge in [-0.1, -0.05) is 30.3 Å². The van der Waals surface area contributed by atoms with Crippen LogP contribution in [0.2, 0.25) is 0 Å². The van der Waals surface area contributed by atoms with Crippen LogP contribution in [0.5, 0.6) is 0 Å². The van der Waals surface area contributed by atoms with Crippen molar-refractivity contribution in [1.82, 2.24) is 14.9 Å². The van der Waals surface area contributed by atoms with Crippen LogP contribution in [0.25, 0.3) is 21.9 Å². The second-order valence-electron chi connectivity index (χ2n) is 5.66. The van der Waals surface area contributed by atoms with Gasteiger partial charge < -0.3 is 9.73 Å². The topological polar surface area (TPSA) is 77.1 Å². The van der Waals surface area contributed by atoms with Crippen molar-refractivity contribution >= 4 is 27.8 Å². The van der Waals surface area contributed by atoms with Gasteiger partial charge in [-0.05, 0) is 24.3 Å². The minimum atomic E-state index is -0.307. The van der Waals surface area contributed by atoms with Gasteiger partial charge in [0.05, 0.1) is 17.2 Å². The molecule has 0 aliphatic carbocycles. The molecule has 0 saturated heterocycles. The first-order valence-electron chi connectivity index (χ1n) is 7.93. The smallest absolute Gasteiger partial charge is 0.287 e. The number of benzene rings is 2. The average Bonchev–Trinajstić information content (AvgIpc) is 3.08. The highest BCUT2D eigenvalue weighted by molar-refractivity contribution is 5.96. The number of amides is 1. The molecule has 6 nitrogen and oxygen atoms in total. The van der Waals surface area contributed by atoms with Gasteiger partial charge in [-0.2, -0.15) is 0 Å². The van der Waals surface area contributed by atoms with E-state index in [0.717, 1.165) is 5.39 Å². The van der Waals surface area contributed by atoms with E-state index in [1.165, 1.54) is 10.9 Å². The van der Waals surface area contributed by atoms with Crippen LogP contribution in [0.15, 0.2) is 70.1 Å². The Bertz CT molecular complexity index is 1090. The molecule has 0 saturated carbocycles. The highest BCUT2D eigenvalue weighted by Crippen LogP contribution is 2.18. The van der Waals surface area contributed by atoms with Crippen molar-refractivity contribution in [2.24, 2.45) is 0 Å². The molecular weight excluding hydrogens is 318 g/mol. The van der Waals surface area contributed by atoms with E-state index in [1.54, 1.807) is 24.3 Å². The van der Waals surface area contributed by atoms with E-state index >= 15 is 0 Å². The van der Waals surface area contributed by atoms with E-state index in [-0.39, 0.29) is 17.2 Å². The van der Waals surface area contributed by atoms with E-state index in [4.69, 9.17) is 4.42 Å². The van der Waals surface area contributed by atoms with E-state index in [1.807, 2.05) is 30.3 Å². The molecule has 124 valence electrons. The lowest BCUT2D eigenvalue weighted by Gasteiger charge is -2.07. The minimum Gasteiger partial charge on any atom is -0.451 e. The summed E-state index contributed by atoms with van der Waals surface area (Å²) in [5, 5.41) is 4.20. The standard InChI is InChI=1S/C19H15N3O3/c23-18(17-11-13-5-1-4-8-16(13)25-17)20-9-10-22-12-21-15-7-3-2-6-14(15)19(22)24/h1-8,11-12H,9-10H2,(H,20,23). The Morgan fingerprint density at radius 1 is 1.12 bits per heavy atom. The van der Waals surface area contributed by atoms with Crippen molar-refractivity contribution in [2.75, 3.05) is 6.54 Å². The summed E-state index contributed by atoms with van der Waals surface area (Å²) in [6.45, 7) is 0.637. The summed E-state index contributed by atoms with van der Waals surface area (Å²) in [7, 11) is 0. The van der Waals surface area contributed by atoms with E-state index in [2.05, 4.69) is 10.3 Å². The molecule has 0 unspecified atom stereocenters. The van der Waals surface area contributed by atoms with Crippen LogP contribution in [0.1, 0.15) is 10.6 Å². The number of nitrogens with zero attached hydrogens (tertiary/aromatic N) is 2. The van der Waals surface area contributed by atoms with Crippen LogP contribution in [0.4, 0.5) is 0 Å².